The molecular formula is C9H9F3N2O2. The number of hydrogen-bond acceptors (Lipinski definition) is 4. The Morgan fingerprint density at radius 1 is 1.62 bits per heavy atom. The summed E-state index contributed by atoms with van der Waals surface area (Å²) in [7, 11) is 1.06. The molecule has 0 bridgehead atoms. The van der Waals surface area contributed by atoms with Gasteiger partial charge in [-0.15, -0.1) is 0 Å². The third-order valence-corrected chi connectivity index (χ3v) is 1.93. The monoisotopic (exact) mass is 234 g/mol. The van der Waals surface area contributed by atoms with Gasteiger partial charge in [-0.25, -0.2) is 18.6 Å². The summed E-state index contributed by atoms with van der Waals surface area (Å²) in [6.45, 7) is -0.327. The van der Waals surface area contributed by atoms with Gasteiger partial charge in [0.05, 0.1) is 12.7 Å². The first-order valence-electron chi connectivity index (χ1n) is 4.27. The number of alkyl halides is 2. The van der Waals surface area contributed by atoms with E-state index in [0.717, 1.165) is 13.2 Å². The number of esters is 1. The summed E-state index contributed by atoms with van der Waals surface area (Å²) in [5, 5.41) is 0. The number of ether oxygens (including phenoxy) is 1. The van der Waals surface area contributed by atoms with E-state index in [1.165, 1.54) is 0 Å². The Bertz CT molecular complexity index is 410. The van der Waals surface area contributed by atoms with Crippen LogP contribution in [0.3, 0.4) is 0 Å². The first kappa shape index (κ1) is 12.4. The minimum Gasteiger partial charge on any atom is -0.465 e. The van der Waals surface area contributed by atoms with Crippen LogP contribution < -0.4 is 5.73 Å². The van der Waals surface area contributed by atoms with Crippen LogP contribution in [0.2, 0.25) is 0 Å². The maximum Gasteiger partial charge on any atom is 0.338 e. The number of hydrogen-bond donors (Lipinski definition) is 1. The van der Waals surface area contributed by atoms with Crippen molar-refractivity contribution in [3.8, 4) is 0 Å². The molecule has 2 N–H and O–H groups in total. The summed E-state index contributed by atoms with van der Waals surface area (Å²) in [4.78, 5) is 14.2. The highest BCUT2D eigenvalue weighted by molar-refractivity contribution is 5.91. The lowest BCUT2D eigenvalue weighted by molar-refractivity contribution is 0.0597. The molecule has 0 aliphatic heterocycles. The molecule has 1 aromatic rings. The predicted octanol–water partition coefficient (Wildman–Crippen LogP) is 1.40. The van der Waals surface area contributed by atoms with Gasteiger partial charge < -0.3 is 10.5 Å². The van der Waals surface area contributed by atoms with Crippen molar-refractivity contribution in [3.05, 3.63) is 28.8 Å². The quantitative estimate of drug-likeness (QED) is 0.634. The Balaban J connectivity index is 3.36. The van der Waals surface area contributed by atoms with Crippen LogP contribution in [-0.2, 0) is 11.3 Å². The molecule has 0 saturated heterocycles. The average Bonchev–Trinajstić information content (AvgIpc) is 2.26. The number of carbonyl (C=O) groups is 1. The Hall–Kier alpha value is -1.63. The van der Waals surface area contributed by atoms with Crippen molar-refractivity contribution in [3.63, 3.8) is 0 Å². The van der Waals surface area contributed by atoms with E-state index in [0.29, 0.717) is 0 Å². The van der Waals surface area contributed by atoms with Crippen molar-refractivity contribution < 1.29 is 22.7 Å². The van der Waals surface area contributed by atoms with Gasteiger partial charge in [-0.1, -0.05) is 0 Å². The van der Waals surface area contributed by atoms with E-state index in [1.54, 1.807) is 0 Å². The fourth-order valence-corrected chi connectivity index (χ4v) is 1.16. The molecule has 1 rings (SSSR count). The molecule has 16 heavy (non-hydrogen) atoms. The maximum absolute atomic E-state index is 13.2. The van der Waals surface area contributed by atoms with E-state index >= 15 is 0 Å². The summed E-state index contributed by atoms with van der Waals surface area (Å²) in [5.41, 5.74) is 3.81. The van der Waals surface area contributed by atoms with Crippen molar-refractivity contribution in [1.29, 1.82) is 0 Å². The van der Waals surface area contributed by atoms with E-state index in [1.807, 2.05) is 0 Å². The van der Waals surface area contributed by atoms with Crippen molar-refractivity contribution in [1.82, 2.24) is 4.98 Å². The van der Waals surface area contributed by atoms with Gasteiger partial charge in [0.25, 0.3) is 6.43 Å². The van der Waals surface area contributed by atoms with Crippen LogP contribution in [0.25, 0.3) is 0 Å². The lowest BCUT2D eigenvalue weighted by Gasteiger charge is -2.08. The molecule has 1 heterocycles. The molecule has 0 unspecified atom stereocenters. The second-order valence-electron chi connectivity index (χ2n) is 2.86. The van der Waals surface area contributed by atoms with Crippen molar-refractivity contribution in [2.24, 2.45) is 5.73 Å². The fraction of sp³-hybridized carbons (Fsp3) is 0.333. The molecule has 0 spiro atoms. The number of rotatable bonds is 3. The molecule has 0 saturated carbocycles. The number of methoxy groups -OCH3 is 1. The fourth-order valence-electron chi connectivity index (χ4n) is 1.16. The van der Waals surface area contributed by atoms with Crippen molar-refractivity contribution in [2.75, 3.05) is 7.11 Å². The SMILES string of the molecule is COC(=O)c1cc(C(F)F)nc(F)c1CN. The molecule has 7 heteroatoms. The number of carbonyl (C=O) groups excluding carboxylic acids is 1. The second-order valence-corrected chi connectivity index (χ2v) is 2.86. The number of nitrogens with zero attached hydrogens (tertiary/aromatic N) is 1. The molecule has 0 aliphatic carbocycles. The average molecular weight is 234 g/mol. The van der Waals surface area contributed by atoms with Gasteiger partial charge in [0.15, 0.2) is 0 Å². The van der Waals surface area contributed by atoms with E-state index in [4.69, 9.17) is 5.73 Å². The van der Waals surface area contributed by atoms with Crippen LogP contribution in [0.4, 0.5) is 13.2 Å². The summed E-state index contributed by atoms with van der Waals surface area (Å²) < 4.78 is 42.2. The molecule has 88 valence electrons. The zero-order chi connectivity index (χ0) is 12.3. The van der Waals surface area contributed by atoms with Crippen LogP contribution in [0, 0.1) is 5.95 Å². The van der Waals surface area contributed by atoms with Crippen LogP contribution in [0.1, 0.15) is 28.0 Å². The maximum atomic E-state index is 13.2. The van der Waals surface area contributed by atoms with E-state index in [2.05, 4.69) is 9.72 Å². The minimum atomic E-state index is -2.97. The highest BCUT2D eigenvalue weighted by Crippen LogP contribution is 2.21. The Morgan fingerprint density at radius 3 is 2.69 bits per heavy atom. The summed E-state index contributed by atoms with van der Waals surface area (Å²) in [6, 6.07) is 0.780. The van der Waals surface area contributed by atoms with Crippen LogP contribution in [-0.4, -0.2) is 18.1 Å². The third-order valence-electron chi connectivity index (χ3n) is 1.93. The Kier molecular flexibility index (Phi) is 3.83. The lowest BCUT2D eigenvalue weighted by atomic mass is 10.1. The highest BCUT2D eigenvalue weighted by Gasteiger charge is 2.21. The largest absolute Gasteiger partial charge is 0.465 e. The molecule has 0 aliphatic rings. The number of nitrogens with two attached hydrogens (primary N) is 1. The molecule has 0 atom stereocenters. The van der Waals surface area contributed by atoms with Crippen LogP contribution >= 0.6 is 0 Å². The Morgan fingerprint density at radius 2 is 2.25 bits per heavy atom. The normalized spacial score (nSPS) is 10.6. The first-order valence-corrected chi connectivity index (χ1v) is 4.27. The summed E-state index contributed by atoms with van der Waals surface area (Å²) in [6.07, 6.45) is -2.97. The van der Waals surface area contributed by atoms with Gasteiger partial charge in [0, 0.05) is 12.1 Å². The van der Waals surface area contributed by atoms with Gasteiger partial charge in [0.1, 0.15) is 5.69 Å². The van der Waals surface area contributed by atoms with Crippen LogP contribution in [0.15, 0.2) is 6.07 Å². The molecule has 0 radical (unpaired) electrons. The molecule has 4 nitrogen and oxygen atoms in total. The number of halogens is 3. The van der Waals surface area contributed by atoms with Crippen molar-refractivity contribution in [2.45, 2.75) is 13.0 Å². The molecule has 0 aromatic carbocycles. The van der Waals surface area contributed by atoms with E-state index in [-0.39, 0.29) is 17.7 Å². The molecule has 1 aromatic heterocycles. The number of aromatic nitrogens is 1. The summed E-state index contributed by atoms with van der Waals surface area (Å²) in [5.74, 6) is -2.11. The van der Waals surface area contributed by atoms with E-state index < -0.39 is 24.0 Å². The number of pyridine rings is 1. The first-order chi connectivity index (χ1) is 7.51. The van der Waals surface area contributed by atoms with Gasteiger partial charge in [0.2, 0.25) is 5.95 Å². The lowest BCUT2D eigenvalue weighted by Crippen LogP contribution is -2.14. The molecule has 0 fully saturated rings. The zero-order valence-corrected chi connectivity index (χ0v) is 8.34. The zero-order valence-electron chi connectivity index (χ0n) is 8.34. The second kappa shape index (κ2) is 4.93. The van der Waals surface area contributed by atoms with Gasteiger partial charge in [-0.05, 0) is 6.07 Å². The minimum absolute atomic E-state index is 0.240. The summed E-state index contributed by atoms with van der Waals surface area (Å²) >= 11 is 0. The van der Waals surface area contributed by atoms with Gasteiger partial charge in [-0.3, -0.25) is 0 Å². The smallest absolute Gasteiger partial charge is 0.338 e. The Labute approximate surface area is 89.2 Å². The van der Waals surface area contributed by atoms with Crippen LogP contribution in [0.5, 0.6) is 0 Å². The van der Waals surface area contributed by atoms with Crippen molar-refractivity contribution >= 4 is 5.97 Å². The highest BCUT2D eigenvalue weighted by atomic mass is 19.3. The third kappa shape index (κ3) is 2.30. The van der Waals surface area contributed by atoms with Gasteiger partial charge >= 0.3 is 5.97 Å². The molecule has 0 amide bonds. The van der Waals surface area contributed by atoms with Gasteiger partial charge in [-0.2, -0.15) is 4.39 Å². The predicted molar refractivity (Wildman–Crippen MR) is 48.4 cm³/mol. The molecular weight excluding hydrogens is 225 g/mol. The van der Waals surface area contributed by atoms with E-state index in [9.17, 15) is 18.0 Å². The standard InChI is InChI=1S/C9H9F3N2O2/c1-16-9(15)4-2-6(7(10)11)14-8(12)5(4)3-13/h2,7H,3,13H2,1H3. The topological polar surface area (TPSA) is 65.2 Å².